The smallest absolute Gasteiger partial charge is 0.339 e. The first-order valence-electron chi connectivity index (χ1n) is 5.87. The topological polar surface area (TPSA) is 59.0 Å². The predicted octanol–water partition coefficient (Wildman–Crippen LogP) is 1.48. The molecule has 18 heavy (non-hydrogen) atoms. The van der Waals surface area contributed by atoms with Gasteiger partial charge in [-0.2, -0.15) is 0 Å². The second kappa shape index (κ2) is 5.27. The molecule has 5 heteroatoms. The van der Waals surface area contributed by atoms with Crippen LogP contribution in [-0.2, 0) is 0 Å². The van der Waals surface area contributed by atoms with E-state index in [1.54, 1.807) is 12.1 Å². The molecule has 2 rings (SSSR count). The van der Waals surface area contributed by atoms with Gasteiger partial charge in [-0.15, -0.1) is 0 Å². The number of rotatable bonds is 4. The number of aromatic carboxylic acids is 1. The highest BCUT2D eigenvalue weighted by molar-refractivity contribution is 5.92. The number of hydrogen-bond donors (Lipinski definition) is 1. The van der Waals surface area contributed by atoms with E-state index in [-0.39, 0.29) is 11.7 Å². The molecular weight excluding hydrogens is 234 g/mol. The van der Waals surface area contributed by atoms with E-state index in [1.165, 1.54) is 13.2 Å². The van der Waals surface area contributed by atoms with Gasteiger partial charge < -0.3 is 19.5 Å². The Hall–Kier alpha value is -1.75. The van der Waals surface area contributed by atoms with E-state index in [9.17, 15) is 4.79 Å². The molecule has 0 aromatic heterocycles. The first-order chi connectivity index (χ1) is 8.61. The maximum Gasteiger partial charge on any atom is 0.339 e. The Balaban J connectivity index is 2.26. The third-order valence-corrected chi connectivity index (χ3v) is 3.06. The molecule has 1 aromatic rings. The normalized spacial score (nSPS) is 19.8. The van der Waals surface area contributed by atoms with Crippen LogP contribution in [0.1, 0.15) is 16.8 Å². The number of benzene rings is 1. The van der Waals surface area contributed by atoms with Crippen LogP contribution in [0.25, 0.3) is 0 Å². The molecule has 0 saturated carbocycles. The summed E-state index contributed by atoms with van der Waals surface area (Å²) >= 11 is 0. The summed E-state index contributed by atoms with van der Waals surface area (Å²) in [5.74, 6) is -0.215. The summed E-state index contributed by atoms with van der Waals surface area (Å²) in [7, 11) is 3.53. The Morgan fingerprint density at radius 1 is 1.50 bits per heavy atom. The fraction of sp³-hybridized carbons (Fsp3) is 0.462. The second-order valence-electron chi connectivity index (χ2n) is 4.43. The zero-order valence-electron chi connectivity index (χ0n) is 10.5. The van der Waals surface area contributed by atoms with Crippen molar-refractivity contribution in [2.45, 2.75) is 12.5 Å². The van der Waals surface area contributed by atoms with Gasteiger partial charge >= 0.3 is 5.97 Å². The van der Waals surface area contributed by atoms with E-state index >= 15 is 0 Å². The zero-order chi connectivity index (χ0) is 13.1. The van der Waals surface area contributed by atoms with Gasteiger partial charge in [0.25, 0.3) is 0 Å². The van der Waals surface area contributed by atoms with Crippen molar-refractivity contribution in [1.82, 2.24) is 4.90 Å². The van der Waals surface area contributed by atoms with Crippen molar-refractivity contribution in [3.63, 3.8) is 0 Å². The Morgan fingerprint density at radius 2 is 2.28 bits per heavy atom. The van der Waals surface area contributed by atoms with Crippen molar-refractivity contribution in [3.05, 3.63) is 23.8 Å². The van der Waals surface area contributed by atoms with Crippen molar-refractivity contribution >= 4 is 5.97 Å². The van der Waals surface area contributed by atoms with Crippen LogP contribution in [0, 0.1) is 0 Å². The summed E-state index contributed by atoms with van der Waals surface area (Å²) in [6.07, 6.45) is 0.914. The number of ether oxygens (including phenoxy) is 2. The highest BCUT2D eigenvalue weighted by Crippen LogP contribution is 2.33. The van der Waals surface area contributed by atoms with Crippen LogP contribution in [-0.4, -0.2) is 49.3 Å². The van der Waals surface area contributed by atoms with Crippen LogP contribution in [0.15, 0.2) is 18.2 Å². The van der Waals surface area contributed by atoms with Gasteiger partial charge in [0.1, 0.15) is 11.7 Å². The molecule has 0 bridgehead atoms. The molecule has 5 nitrogen and oxygen atoms in total. The average Bonchev–Trinajstić information content (AvgIpc) is 2.75. The van der Waals surface area contributed by atoms with E-state index in [4.69, 9.17) is 14.6 Å². The minimum Gasteiger partial charge on any atom is -0.493 e. The molecule has 1 fully saturated rings. The van der Waals surface area contributed by atoms with Crippen molar-refractivity contribution in [3.8, 4) is 11.5 Å². The molecule has 1 aromatic carbocycles. The quantitative estimate of drug-likeness (QED) is 0.878. The lowest BCUT2D eigenvalue weighted by atomic mass is 10.2. The van der Waals surface area contributed by atoms with Gasteiger partial charge in [-0.1, -0.05) is 6.07 Å². The fourth-order valence-electron chi connectivity index (χ4n) is 2.12. The van der Waals surface area contributed by atoms with Crippen molar-refractivity contribution in [2.24, 2.45) is 0 Å². The Labute approximate surface area is 106 Å². The van der Waals surface area contributed by atoms with Gasteiger partial charge in [-0.25, -0.2) is 4.79 Å². The summed E-state index contributed by atoms with van der Waals surface area (Å²) in [6.45, 7) is 1.76. The van der Waals surface area contributed by atoms with Gasteiger partial charge in [0.05, 0.1) is 7.11 Å². The van der Waals surface area contributed by atoms with E-state index in [0.29, 0.717) is 11.5 Å². The first kappa shape index (κ1) is 12.7. The van der Waals surface area contributed by atoms with Crippen LogP contribution in [0.4, 0.5) is 0 Å². The maximum atomic E-state index is 11.2. The predicted molar refractivity (Wildman–Crippen MR) is 66.5 cm³/mol. The fourth-order valence-corrected chi connectivity index (χ4v) is 2.12. The van der Waals surface area contributed by atoms with Crippen molar-refractivity contribution in [2.75, 3.05) is 27.2 Å². The van der Waals surface area contributed by atoms with E-state index in [0.717, 1.165) is 19.5 Å². The molecule has 0 radical (unpaired) electrons. The van der Waals surface area contributed by atoms with Crippen LogP contribution in [0.5, 0.6) is 11.5 Å². The summed E-state index contributed by atoms with van der Waals surface area (Å²) in [4.78, 5) is 13.3. The maximum absolute atomic E-state index is 11.2. The Morgan fingerprint density at radius 3 is 2.83 bits per heavy atom. The molecule has 0 spiro atoms. The lowest BCUT2D eigenvalue weighted by Gasteiger charge is -2.17. The summed E-state index contributed by atoms with van der Waals surface area (Å²) < 4.78 is 11.0. The monoisotopic (exact) mass is 251 g/mol. The number of methoxy groups -OCH3 is 1. The average molecular weight is 251 g/mol. The number of likely N-dealkylation sites (N-methyl/N-ethyl adjacent to an activating group) is 1. The lowest BCUT2D eigenvalue weighted by Crippen LogP contribution is -2.22. The highest BCUT2D eigenvalue weighted by atomic mass is 16.5. The largest absolute Gasteiger partial charge is 0.493 e. The number of carboxylic acid groups (broad SMARTS) is 1. The third-order valence-electron chi connectivity index (χ3n) is 3.06. The molecule has 98 valence electrons. The van der Waals surface area contributed by atoms with E-state index in [2.05, 4.69) is 4.90 Å². The second-order valence-corrected chi connectivity index (χ2v) is 4.43. The van der Waals surface area contributed by atoms with E-state index in [1.807, 2.05) is 7.05 Å². The van der Waals surface area contributed by atoms with Crippen LogP contribution in [0.3, 0.4) is 0 Å². The molecular formula is C13H17NO4. The molecule has 0 amide bonds. The minimum atomic E-state index is -1.00. The highest BCUT2D eigenvalue weighted by Gasteiger charge is 2.25. The van der Waals surface area contributed by atoms with Crippen LogP contribution in [0.2, 0.25) is 0 Å². The minimum absolute atomic E-state index is 0.0180. The third kappa shape index (κ3) is 2.56. The summed E-state index contributed by atoms with van der Waals surface area (Å²) in [5.41, 5.74) is 0.143. The number of para-hydroxylation sites is 1. The number of hydrogen-bond acceptors (Lipinski definition) is 4. The summed E-state index contributed by atoms with van der Waals surface area (Å²) in [5, 5.41) is 9.17. The molecule has 0 aliphatic carbocycles. The van der Waals surface area contributed by atoms with Crippen LogP contribution >= 0.6 is 0 Å². The van der Waals surface area contributed by atoms with E-state index < -0.39 is 5.97 Å². The van der Waals surface area contributed by atoms with Gasteiger partial charge in [-0.3, -0.25) is 0 Å². The van der Waals surface area contributed by atoms with Gasteiger partial charge in [0.15, 0.2) is 11.5 Å². The lowest BCUT2D eigenvalue weighted by molar-refractivity contribution is 0.0688. The summed E-state index contributed by atoms with van der Waals surface area (Å²) in [6, 6.07) is 4.88. The molecule has 1 aliphatic rings. The SMILES string of the molecule is COc1cccc(C(=O)O)c1OC1CCN(C)C1. The van der Waals surface area contributed by atoms with Gasteiger partial charge in [0, 0.05) is 13.1 Å². The van der Waals surface area contributed by atoms with Gasteiger partial charge in [-0.05, 0) is 25.6 Å². The molecule has 1 unspecified atom stereocenters. The molecule has 1 aliphatic heterocycles. The van der Waals surface area contributed by atoms with Crippen molar-refractivity contribution < 1.29 is 19.4 Å². The number of carboxylic acids is 1. The Bertz CT molecular complexity index is 447. The number of carbonyl (C=O) groups is 1. The zero-order valence-corrected chi connectivity index (χ0v) is 10.5. The molecule has 1 N–H and O–H groups in total. The molecule has 1 atom stereocenters. The van der Waals surface area contributed by atoms with Crippen LogP contribution < -0.4 is 9.47 Å². The first-order valence-corrected chi connectivity index (χ1v) is 5.87. The molecule has 1 saturated heterocycles. The van der Waals surface area contributed by atoms with Gasteiger partial charge in [0.2, 0.25) is 0 Å². The Kier molecular flexibility index (Phi) is 3.72. The number of likely N-dealkylation sites (tertiary alicyclic amines) is 1. The number of nitrogens with zero attached hydrogens (tertiary/aromatic N) is 1. The van der Waals surface area contributed by atoms with Crippen molar-refractivity contribution in [1.29, 1.82) is 0 Å². The molecule has 1 heterocycles. The standard InChI is InChI=1S/C13H17NO4/c1-14-7-6-9(8-14)18-12-10(13(15)16)4-3-5-11(12)17-2/h3-5,9H,6-8H2,1-2H3,(H,15,16).